The molecule has 0 aliphatic heterocycles. The van der Waals surface area contributed by atoms with Crippen molar-refractivity contribution >= 4 is 0 Å². The smallest absolute Gasteiger partial charge is 0.207 e. The van der Waals surface area contributed by atoms with Crippen molar-refractivity contribution < 1.29 is 18.9 Å². The minimum Gasteiger partial charge on any atom is -0.353 e. The largest absolute Gasteiger partial charge is 0.353 e. The molecule has 2 rings (SSSR count). The second kappa shape index (κ2) is 24.7. The molecule has 42 heavy (non-hydrogen) atoms. The molecule has 1 aliphatic carbocycles. The first kappa shape index (κ1) is 36.5. The molecule has 4 nitrogen and oxygen atoms in total. The minimum atomic E-state index is -0.725. The van der Waals surface area contributed by atoms with E-state index in [2.05, 4.69) is 61.2 Å². The molecule has 238 valence electrons. The first-order valence-corrected chi connectivity index (χ1v) is 17.3. The number of benzene rings is 1. The zero-order chi connectivity index (χ0) is 30.0. The Kier molecular flexibility index (Phi) is 21.4. The van der Waals surface area contributed by atoms with Gasteiger partial charge >= 0.3 is 0 Å². The van der Waals surface area contributed by atoms with E-state index in [9.17, 15) is 0 Å². The number of allylic oxidation sites excluding steroid dienone is 3. The predicted octanol–water partition coefficient (Wildman–Crippen LogP) is 10.8. The van der Waals surface area contributed by atoms with Crippen LogP contribution >= 0.6 is 0 Å². The molecular formula is C38H62O4. The molecule has 0 unspecified atom stereocenters. The molecule has 0 radical (unpaired) electrons. The van der Waals surface area contributed by atoms with Crippen molar-refractivity contribution in [3.8, 4) is 0 Å². The lowest BCUT2D eigenvalue weighted by molar-refractivity contribution is -0.173. The summed E-state index contributed by atoms with van der Waals surface area (Å²) in [6.45, 7) is 10.8. The lowest BCUT2D eigenvalue weighted by Gasteiger charge is -2.31. The summed E-state index contributed by atoms with van der Waals surface area (Å²) in [5, 5.41) is 0. The molecule has 0 saturated carbocycles. The highest BCUT2D eigenvalue weighted by molar-refractivity contribution is 5.34. The third-order valence-electron chi connectivity index (χ3n) is 8.00. The summed E-state index contributed by atoms with van der Waals surface area (Å²) < 4.78 is 24.1. The summed E-state index contributed by atoms with van der Waals surface area (Å²) in [7, 11) is 0. The van der Waals surface area contributed by atoms with Gasteiger partial charge in [0.15, 0.2) is 6.29 Å². The number of hydrogen-bond donors (Lipinski definition) is 0. The zero-order valence-corrected chi connectivity index (χ0v) is 27.1. The van der Waals surface area contributed by atoms with Crippen LogP contribution in [0.15, 0.2) is 67.3 Å². The quantitative estimate of drug-likeness (QED) is 0.0559. The molecular weight excluding hydrogens is 520 g/mol. The van der Waals surface area contributed by atoms with Crippen molar-refractivity contribution in [2.24, 2.45) is 0 Å². The van der Waals surface area contributed by atoms with E-state index in [1.807, 2.05) is 19.9 Å². The van der Waals surface area contributed by atoms with Gasteiger partial charge in [0.2, 0.25) is 5.79 Å². The van der Waals surface area contributed by atoms with Crippen LogP contribution in [0.2, 0.25) is 0 Å². The lowest BCUT2D eigenvalue weighted by Crippen LogP contribution is -2.34. The highest BCUT2D eigenvalue weighted by Crippen LogP contribution is 2.30. The molecule has 0 atom stereocenters. The van der Waals surface area contributed by atoms with E-state index < -0.39 is 5.79 Å². The second-order valence-electron chi connectivity index (χ2n) is 11.6. The van der Waals surface area contributed by atoms with Gasteiger partial charge in [-0.3, -0.25) is 0 Å². The van der Waals surface area contributed by atoms with Crippen LogP contribution in [0.1, 0.15) is 134 Å². The van der Waals surface area contributed by atoms with E-state index in [1.54, 1.807) is 0 Å². The number of ether oxygens (including phenoxy) is 4. The topological polar surface area (TPSA) is 36.9 Å². The van der Waals surface area contributed by atoms with Gasteiger partial charge in [0.25, 0.3) is 0 Å². The molecule has 4 heteroatoms. The van der Waals surface area contributed by atoms with Gasteiger partial charge in [-0.25, -0.2) is 0 Å². The molecule has 1 aliphatic rings. The molecule has 0 spiro atoms. The Morgan fingerprint density at radius 1 is 0.667 bits per heavy atom. The van der Waals surface area contributed by atoms with Crippen LogP contribution in [-0.4, -0.2) is 38.5 Å². The summed E-state index contributed by atoms with van der Waals surface area (Å²) in [6.07, 6.45) is 31.7. The Labute approximate surface area is 258 Å². The van der Waals surface area contributed by atoms with Crippen LogP contribution in [0.3, 0.4) is 0 Å². The van der Waals surface area contributed by atoms with Crippen molar-refractivity contribution in [2.75, 3.05) is 26.4 Å². The van der Waals surface area contributed by atoms with Crippen LogP contribution in [-0.2, 0) is 18.9 Å². The summed E-state index contributed by atoms with van der Waals surface area (Å²) in [6, 6.07) is 10.6. The Morgan fingerprint density at radius 2 is 1.14 bits per heavy atom. The van der Waals surface area contributed by atoms with Gasteiger partial charge in [0.1, 0.15) is 0 Å². The van der Waals surface area contributed by atoms with Crippen molar-refractivity contribution in [1.29, 1.82) is 0 Å². The van der Waals surface area contributed by atoms with Crippen molar-refractivity contribution in [3.63, 3.8) is 0 Å². The summed E-state index contributed by atoms with van der Waals surface area (Å²) in [4.78, 5) is 0. The highest BCUT2D eigenvalue weighted by atomic mass is 16.7. The maximum absolute atomic E-state index is 6.43. The monoisotopic (exact) mass is 582 g/mol. The fourth-order valence-corrected chi connectivity index (χ4v) is 5.53. The molecule has 0 saturated heterocycles. The molecule has 0 amide bonds. The van der Waals surface area contributed by atoms with Crippen LogP contribution in [0.4, 0.5) is 0 Å². The molecule has 0 bridgehead atoms. The van der Waals surface area contributed by atoms with E-state index in [0.717, 1.165) is 52.1 Å². The lowest BCUT2D eigenvalue weighted by atomic mass is 9.93. The average Bonchev–Trinajstić information content (AvgIpc) is 3.02. The van der Waals surface area contributed by atoms with E-state index in [0.29, 0.717) is 0 Å². The van der Waals surface area contributed by atoms with Crippen LogP contribution < -0.4 is 0 Å². The maximum Gasteiger partial charge on any atom is 0.207 e. The zero-order valence-electron chi connectivity index (χ0n) is 27.1. The normalized spacial score (nSPS) is 18.2. The van der Waals surface area contributed by atoms with Gasteiger partial charge in [-0.2, -0.15) is 0 Å². The van der Waals surface area contributed by atoms with Crippen LogP contribution in [0.25, 0.3) is 0 Å². The van der Waals surface area contributed by atoms with Gasteiger partial charge < -0.3 is 18.9 Å². The second-order valence-corrected chi connectivity index (χ2v) is 11.6. The Morgan fingerprint density at radius 3 is 1.64 bits per heavy atom. The van der Waals surface area contributed by atoms with Crippen molar-refractivity contribution in [1.82, 2.24) is 0 Å². The fraction of sp³-hybridized carbons (Fsp3) is 0.684. The van der Waals surface area contributed by atoms with Crippen molar-refractivity contribution in [3.05, 3.63) is 72.9 Å². The predicted molar refractivity (Wildman–Crippen MR) is 178 cm³/mol. The number of unbranched alkanes of at least 4 members (excludes halogenated alkanes) is 14. The Bertz CT molecular complexity index is 798. The van der Waals surface area contributed by atoms with E-state index in [1.165, 1.54) is 89.0 Å². The third-order valence-corrected chi connectivity index (χ3v) is 8.00. The Balaban J connectivity index is 1.63. The van der Waals surface area contributed by atoms with Gasteiger partial charge in [0.05, 0.1) is 13.2 Å². The summed E-state index contributed by atoms with van der Waals surface area (Å²) in [5.74, 6) is -0.451. The molecule has 0 fully saturated rings. The van der Waals surface area contributed by atoms with Gasteiger partial charge in [0, 0.05) is 19.1 Å². The molecule has 0 N–H and O–H groups in total. The molecule has 1 aromatic rings. The van der Waals surface area contributed by atoms with E-state index in [-0.39, 0.29) is 12.2 Å². The maximum atomic E-state index is 6.43. The number of hydrogen-bond acceptors (Lipinski definition) is 4. The minimum absolute atomic E-state index is 0.0206. The van der Waals surface area contributed by atoms with E-state index in [4.69, 9.17) is 18.9 Å². The third kappa shape index (κ3) is 16.8. The average molecular weight is 583 g/mol. The fourth-order valence-electron chi connectivity index (χ4n) is 5.53. The Hall–Kier alpha value is -1.72. The molecule has 0 heterocycles. The number of rotatable bonds is 28. The summed E-state index contributed by atoms with van der Waals surface area (Å²) in [5.41, 5.74) is 1.30. The standard InChI is InChI=1S/C38H62O4/c1-4-7-8-9-10-12-15-18-24-33-41-38(31-29-36(30-32-38)35-26-21-20-22-27-35)42-34-25-19-16-13-11-14-17-23-28-37(39-5-2)40-6-3/h4,20-22,26-27,29-32,36-37H,1,5-19,23-25,28,33-34H2,2-3H3. The molecule has 1 aromatic carbocycles. The van der Waals surface area contributed by atoms with Gasteiger partial charge in [-0.15, -0.1) is 6.58 Å². The first-order chi connectivity index (χ1) is 20.7. The van der Waals surface area contributed by atoms with Crippen molar-refractivity contribution in [2.45, 2.75) is 141 Å². The van der Waals surface area contributed by atoms with Crippen LogP contribution in [0.5, 0.6) is 0 Å². The van der Waals surface area contributed by atoms with Gasteiger partial charge in [-0.1, -0.05) is 119 Å². The first-order valence-electron chi connectivity index (χ1n) is 17.3. The summed E-state index contributed by atoms with van der Waals surface area (Å²) >= 11 is 0. The van der Waals surface area contributed by atoms with Gasteiger partial charge in [-0.05, 0) is 70.1 Å². The highest BCUT2D eigenvalue weighted by Gasteiger charge is 2.29. The van der Waals surface area contributed by atoms with Crippen LogP contribution in [0, 0.1) is 0 Å². The van der Waals surface area contributed by atoms with E-state index >= 15 is 0 Å². The molecule has 0 aromatic heterocycles. The SMILES string of the molecule is C=CCCCCCCCCCOC1(OCCCCCCCCCCC(OCC)OCC)C=CC(c2ccccc2)C=C1.